The number of morpholine rings is 1. The molecule has 6 N–H and O–H groups in total. The van der Waals surface area contributed by atoms with Gasteiger partial charge in [-0.3, -0.25) is 14.5 Å². The van der Waals surface area contributed by atoms with Crippen molar-refractivity contribution in [2.75, 3.05) is 32.5 Å². The topological polar surface area (TPSA) is 172 Å². The molecule has 5 atom stereocenters. The zero-order valence-corrected chi connectivity index (χ0v) is 25.5. The highest BCUT2D eigenvalue weighted by Gasteiger charge is 2.62. The van der Waals surface area contributed by atoms with Crippen LogP contribution in [0.25, 0.3) is 0 Å². The van der Waals surface area contributed by atoms with Gasteiger partial charge in [0.25, 0.3) is 5.91 Å². The Hall–Kier alpha value is -3.11. The van der Waals surface area contributed by atoms with Gasteiger partial charge in [0.2, 0.25) is 5.91 Å². The Balaban J connectivity index is 1.96. The van der Waals surface area contributed by atoms with Gasteiger partial charge in [0.15, 0.2) is 6.29 Å². The van der Waals surface area contributed by atoms with E-state index in [1.165, 1.54) is 24.3 Å². The lowest BCUT2D eigenvalue weighted by Crippen LogP contribution is -2.81. The second-order valence-corrected chi connectivity index (χ2v) is 11.4. The van der Waals surface area contributed by atoms with Crippen molar-refractivity contribution in [2.24, 2.45) is 0 Å². The summed E-state index contributed by atoms with van der Waals surface area (Å²) in [4.78, 5) is 38.9. The Labute approximate surface area is 265 Å². The molecule has 0 saturated carbocycles. The largest absolute Gasteiger partial charge is 0.396 e. The summed E-state index contributed by atoms with van der Waals surface area (Å²) in [6, 6.07) is 8.67. The molecule has 1 heterocycles. The van der Waals surface area contributed by atoms with Crippen LogP contribution < -0.4 is 10.6 Å². The summed E-state index contributed by atoms with van der Waals surface area (Å²) in [5, 5.41) is 49.1. The fourth-order valence-electron chi connectivity index (χ4n) is 5.47. The summed E-state index contributed by atoms with van der Waals surface area (Å²) in [6.07, 6.45) is -0.0202. The summed E-state index contributed by atoms with van der Waals surface area (Å²) < 4.78 is 21.0. The number of hydrogen-bond acceptors (Lipinski definition) is 11. The number of halogens is 1. The Morgan fingerprint density at radius 2 is 1.73 bits per heavy atom. The van der Waals surface area contributed by atoms with Crippen molar-refractivity contribution in [1.29, 1.82) is 0 Å². The number of nitrogens with one attached hydrogen (secondary N) is 2. The lowest BCUT2D eigenvalue weighted by atomic mass is 9.45. The molecule has 0 aromatic heterocycles. The number of carbonyl (C=O) groups excluding carboxylic acids is 3. The maximum Gasteiger partial charge on any atom is 0.256 e. The molecule has 1 aliphatic heterocycles. The van der Waals surface area contributed by atoms with Crippen molar-refractivity contribution in [2.45, 2.75) is 61.5 Å². The van der Waals surface area contributed by atoms with Gasteiger partial charge in [0.1, 0.15) is 35.6 Å². The third-order valence-corrected chi connectivity index (χ3v) is 7.99. The van der Waals surface area contributed by atoms with Crippen LogP contribution in [0.1, 0.15) is 40.9 Å². The van der Waals surface area contributed by atoms with Crippen LogP contribution in [0.15, 0.2) is 36.4 Å². The average molecular weight is 620 g/mol. The molecule has 1 aliphatic rings. The number of aldehydes is 2. The molecule has 1 fully saturated rings. The monoisotopic (exact) mass is 620 g/mol. The quantitative estimate of drug-likeness (QED) is 0.0867. The van der Waals surface area contributed by atoms with Gasteiger partial charge in [0.05, 0.1) is 34.2 Å². The van der Waals surface area contributed by atoms with Crippen LogP contribution in [-0.4, -0.2) is 128 Å². The molecule has 2 aromatic rings. The Morgan fingerprint density at radius 3 is 2.27 bits per heavy atom. The van der Waals surface area contributed by atoms with Crippen molar-refractivity contribution in [1.82, 2.24) is 15.1 Å². The van der Waals surface area contributed by atoms with Crippen molar-refractivity contribution in [3.8, 4) is 0 Å². The normalized spacial score (nSPS) is 21.6. The molecular weight excluding hydrogens is 584 g/mol. The van der Waals surface area contributed by atoms with E-state index in [1.54, 1.807) is 12.1 Å². The van der Waals surface area contributed by atoms with Crippen molar-refractivity contribution in [3.63, 3.8) is 0 Å². The van der Waals surface area contributed by atoms with Gasteiger partial charge in [0, 0.05) is 50.0 Å². The van der Waals surface area contributed by atoms with Gasteiger partial charge in [-0.15, -0.1) is 0 Å². The number of rotatable bonds is 13. The van der Waals surface area contributed by atoms with Gasteiger partial charge in [-0.2, -0.15) is 0 Å². The van der Waals surface area contributed by atoms with Crippen LogP contribution >= 0.6 is 0 Å². The minimum absolute atomic E-state index is 0.0496. The van der Waals surface area contributed by atoms with Gasteiger partial charge in [-0.05, 0) is 38.6 Å². The molecule has 6 radical (unpaired) electrons. The summed E-state index contributed by atoms with van der Waals surface area (Å²) in [6.45, 7) is 5.68. The number of anilines is 1. The molecule has 1 amide bonds. The molecule has 2 aromatic carbocycles. The molecule has 16 heteroatoms. The number of amides is 1. The van der Waals surface area contributed by atoms with Crippen LogP contribution in [0.4, 0.5) is 10.1 Å². The maximum atomic E-state index is 15.2. The molecule has 0 aliphatic carbocycles. The van der Waals surface area contributed by atoms with E-state index in [0.29, 0.717) is 19.6 Å². The Bertz CT molecular complexity index is 1410. The second kappa shape index (κ2) is 13.7. The molecular formula is C29H36B3FN4O8. The smallest absolute Gasteiger partial charge is 0.256 e. The summed E-state index contributed by atoms with van der Waals surface area (Å²) >= 11 is 0. The van der Waals surface area contributed by atoms with Crippen LogP contribution in [0.2, 0.25) is 0 Å². The van der Waals surface area contributed by atoms with Gasteiger partial charge in [-0.25, -0.2) is 9.29 Å². The Morgan fingerprint density at radius 1 is 1.11 bits per heavy atom. The highest BCUT2D eigenvalue weighted by molar-refractivity contribution is 6.41. The average Bonchev–Trinajstić information content (AvgIpc) is 2.98. The lowest BCUT2D eigenvalue weighted by Gasteiger charge is -2.55. The predicted molar refractivity (Wildman–Crippen MR) is 165 cm³/mol. The molecule has 45 heavy (non-hydrogen) atoms. The summed E-state index contributed by atoms with van der Waals surface area (Å²) in [5.74, 6) is -5.37. The first-order valence-corrected chi connectivity index (χ1v) is 14.0. The third-order valence-electron chi connectivity index (χ3n) is 7.99. The van der Waals surface area contributed by atoms with Crippen molar-refractivity contribution >= 4 is 47.7 Å². The second-order valence-electron chi connectivity index (χ2n) is 11.4. The van der Waals surface area contributed by atoms with E-state index in [0.717, 1.165) is 19.7 Å². The molecule has 5 unspecified atom stereocenters. The summed E-state index contributed by atoms with van der Waals surface area (Å²) in [7, 11) is 19.2. The molecule has 3 rings (SSSR count). The first-order chi connectivity index (χ1) is 20.9. The summed E-state index contributed by atoms with van der Waals surface area (Å²) in [5.41, 5.74) is -10.3. The van der Waals surface area contributed by atoms with Crippen molar-refractivity contribution < 1.29 is 43.9 Å². The molecule has 236 valence electrons. The number of hydrogen-bond donors (Lipinski definition) is 6. The standard InChI is InChI=1S/C29H36B3FN4O8/c1-17-12-37(13-18(2)45-17)14-19-8-9-20(22(33)10-19)11-35-23-7-5-6-21(15-38)24(23)28(42,43)36(4)27(31,25(40)34-3)29(32,44)26(30,41)16-39/h5-10,15-18,35,41-44H,11-14H2,1-4H3,(H,34,40). The number of aliphatic hydroxyl groups is 4. The SMILES string of the molecule is [B]C(O)(C=O)C([B])(O)C([B])(C(=O)NC)N(C)C(O)(O)c1c(C=O)cccc1NCc1ccc(CN2CC(C)OC(C)C2)cc1F. The number of ether oxygens (including phenoxy) is 1. The number of carbonyl (C=O) groups is 3. The predicted octanol–water partition coefficient (Wildman–Crippen LogP) is -1.59. The van der Waals surface area contributed by atoms with E-state index >= 15 is 4.39 Å². The fourth-order valence-corrected chi connectivity index (χ4v) is 5.47. The first-order valence-electron chi connectivity index (χ1n) is 14.0. The molecule has 12 nitrogen and oxygen atoms in total. The van der Waals surface area contributed by atoms with Crippen LogP contribution in [0.3, 0.4) is 0 Å². The van der Waals surface area contributed by atoms with Gasteiger partial charge in [-0.1, -0.05) is 24.3 Å². The van der Waals surface area contributed by atoms with Crippen LogP contribution in [0.5, 0.6) is 0 Å². The number of nitrogens with zero attached hydrogens (tertiary/aromatic N) is 2. The third kappa shape index (κ3) is 7.02. The van der Waals surface area contributed by atoms with Crippen LogP contribution in [-0.2, 0) is 33.3 Å². The fraction of sp³-hybridized carbons (Fsp3) is 0.483. The highest BCUT2D eigenvalue weighted by atomic mass is 19.1. The van der Waals surface area contributed by atoms with E-state index in [9.17, 15) is 34.8 Å². The van der Waals surface area contributed by atoms with E-state index in [1.807, 2.05) is 13.8 Å². The van der Waals surface area contributed by atoms with Crippen LogP contribution in [0, 0.1) is 5.82 Å². The van der Waals surface area contributed by atoms with E-state index in [-0.39, 0.29) is 46.8 Å². The highest BCUT2D eigenvalue weighted by Crippen LogP contribution is 2.40. The number of likely N-dealkylation sites (N-methyl/N-ethyl adjacent to an activating group) is 2. The van der Waals surface area contributed by atoms with Crippen molar-refractivity contribution in [3.05, 3.63) is 64.5 Å². The first kappa shape index (κ1) is 36.4. The van der Waals surface area contributed by atoms with Gasteiger partial charge < -0.3 is 40.6 Å². The lowest BCUT2D eigenvalue weighted by molar-refractivity contribution is -0.295. The molecule has 0 bridgehead atoms. The molecule has 0 spiro atoms. The Kier molecular flexibility index (Phi) is 11.1. The van der Waals surface area contributed by atoms with E-state index in [4.69, 9.17) is 28.3 Å². The maximum absolute atomic E-state index is 15.2. The minimum atomic E-state index is -3.56. The molecule has 1 saturated heterocycles. The number of benzene rings is 2. The zero-order chi connectivity index (χ0) is 34.0. The van der Waals surface area contributed by atoms with E-state index in [2.05, 4.69) is 15.5 Å². The van der Waals surface area contributed by atoms with Gasteiger partial charge >= 0.3 is 0 Å². The van der Waals surface area contributed by atoms with E-state index < -0.39 is 45.9 Å². The minimum Gasteiger partial charge on any atom is -0.396 e. The zero-order valence-electron chi connectivity index (χ0n) is 25.5.